The van der Waals surface area contributed by atoms with E-state index in [0.29, 0.717) is 0 Å². The number of nitrogens with one attached hydrogen (secondary N) is 1. The van der Waals surface area contributed by atoms with E-state index in [1.165, 1.54) is 12.0 Å². The molecule has 1 aliphatic heterocycles. The normalized spacial score (nSPS) is 19.2. The smallest absolute Gasteiger partial charge is 0.0507 e. The molecule has 3 nitrogen and oxygen atoms in total. The van der Waals surface area contributed by atoms with Crippen LogP contribution in [0.25, 0.3) is 0 Å². The van der Waals surface area contributed by atoms with Gasteiger partial charge >= 0.3 is 0 Å². The van der Waals surface area contributed by atoms with Crippen LogP contribution in [0.5, 0.6) is 0 Å². The summed E-state index contributed by atoms with van der Waals surface area (Å²) in [7, 11) is 2.20. The second-order valence-corrected chi connectivity index (χ2v) is 5.47. The van der Waals surface area contributed by atoms with Crippen molar-refractivity contribution in [1.82, 2.24) is 10.2 Å². The first-order valence-corrected chi connectivity index (χ1v) is 7.35. The third kappa shape index (κ3) is 5.72. The van der Waals surface area contributed by atoms with Crippen LogP contribution in [0, 0.1) is 5.92 Å². The molecule has 1 fully saturated rings. The average molecular weight is 262 g/mol. The highest BCUT2D eigenvalue weighted by atomic mass is 16.5. The first kappa shape index (κ1) is 14.5. The molecule has 1 aromatic carbocycles. The summed E-state index contributed by atoms with van der Waals surface area (Å²) in [5, 5.41) is 3.53. The van der Waals surface area contributed by atoms with Gasteiger partial charge in [0, 0.05) is 32.8 Å². The van der Waals surface area contributed by atoms with Crippen molar-refractivity contribution in [2.45, 2.75) is 12.8 Å². The first-order valence-electron chi connectivity index (χ1n) is 7.35. The monoisotopic (exact) mass is 262 g/mol. The van der Waals surface area contributed by atoms with Gasteiger partial charge in [0.2, 0.25) is 0 Å². The Morgan fingerprint density at radius 1 is 1.26 bits per heavy atom. The van der Waals surface area contributed by atoms with Crippen molar-refractivity contribution in [3.8, 4) is 0 Å². The van der Waals surface area contributed by atoms with E-state index in [4.69, 9.17) is 4.74 Å². The molecule has 0 bridgehead atoms. The molecule has 1 atom stereocenters. The van der Waals surface area contributed by atoms with Gasteiger partial charge in [-0.05, 0) is 31.4 Å². The summed E-state index contributed by atoms with van der Waals surface area (Å²) in [4.78, 5) is 2.39. The van der Waals surface area contributed by atoms with Gasteiger partial charge in [0.15, 0.2) is 0 Å². The maximum absolute atomic E-state index is 5.37. The van der Waals surface area contributed by atoms with Gasteiger partial charge in [0.1, 0.15) is 0 Å². The highest BCUT2D eigenvalue weighted by Crippen LogP contribution is 2.10. The fourth-order valence-electron chi connectivity index (χ4n) is 2.40. The van der Waals surface area contributed by atoms with E-state index < -0.39 is 0 Å². The molecule has 2 rings (SSSR count). The van der Waals surface area contributed by atoms with Gasteiger partial charge in [-0.1, -0.05) is 30.3 Å². The molecule has 1 aliphatic rings. The van der Waals surface area contributed by atoms with Crippen molar-refractivity contribution >= 4 is 0 Å². The Kier molecular flexibility index (Phi) is 6.34. The highest BCUT2D eigenvalue weighted by Gasteiger charge is 2.14. The molecule has 1 heterocycles. The summed E-state index contributed by atoms with van der Waals surface area (Å²) in [5.41, 5.74) is 1.42. The molecule has 0 aliphatic carbocycles. The van der Waals surface area contributed by atoms with Crippen LogP contribution in [-0.4, -0.2) is 51.3 Å². The zero-order valence-electron chi connectivity index (χ0n) is 12.0. The summed E-state index contributed by atoms with van der Waals surface area (Å²) >= 11 is 0. The van der Waals surface area contributed by atoms with Crippen LogP contribution >= 0.6 is 0 Å². The SMILES string of the molecule is CN(CCNCC1CCOC1)CCc1ccccc1. The molecule has 0 amide bonds. The van der Waals surface area contributed by atoms with Crippen LogP contribution in [0.15, 0.2) is 30.3 Å². The Balaban J connectivity index is 1.51. The van der Waals surface area contributed by atoms with E-state index in [2.05, 4.69) is 47.6 Å². The van der Waals surface area contributed by atoms with Gasteiger partial charge in [0.05, 0.1) is 6.61 Å². The summed E-state index contributed by atoms with van der Waals surface area (Å²) in [5.74, 6) is 0.731. The van der Waals surface area contributed by atoms with Crippen LogP contribution in [0.3, 0.4) is 0 Å². The quantitative estimate of drug-likeness (QED) is 0.723. The summed E-state index contributed by atoms with van der Waals surface area (Å²) in [6.45, 7) is 6.30. The molecule has 1 saturated heterocycles. The van der Waals surface area contributed by atoms with Crippen LogP contribution in [-0.2, 0) is 11.2 Å². The number of ether oxygens (including phenoxy) is 1. The zero-order chi connectivity index (χ0) is 13.3. The predicted molar refractivity (Wildman–Crippen MR) is 79.4 cm³/mol. The average Bonchev–Trinajstić information content (AvgIpc) is 2.96. The third-order valence-electron chi connectivity index (χ3n) is 3.75. The van der Waals surface area contributed by atoms with Gasteiger partial charge in [-0.15, -0.1) is 0 Å². The first-order chi connectivity index (χ1) is 9.34. The van der Waals surface area contributed by atoms with E-state index in [1.54, 1.807) is 0 Å². The lowest BCUT2D eigenvalue weighted by Crippen LogP contribution is -2.33. The lowest BCUT2D eigenvalue weighted by molar-refractivity contribution is 0.185. The van der Waals surface area contributed by atoms with Gasteiger partial charge in [-0.3, -0.25) is 0 Å². The van der Waals surface area contributed by atoms with Crippen molar-refractivity contribution in [3.05, 3.63) is 35.9 Å². The van der Waals surface area contributed by atoms with E-state index in [9.17, 15) is 0 Å². The maximum Gasteiger partial charge on any atom is 0.0507 e. The fraction of sp³-hybridized carbons (Fsp3) is 0.625. The highest BCUT2D eigenvalue weighted by molar-refractivity contribution is 5.14. The molecule has 3 heteroatoms. The number of likely N-dealkylation sites (N-methyl/N-ethyl adjacent to an activating group) is 1. The number of benzene rings is 1. The molecule has 0 saturated carbocycles. The molecular formula is C16H26N2O. The van der Waals surface area contributed by atoms with Crippen molar-refractivity contribution in [3.63, 3.8) is 0 Å². The van der Waals surface area contributed by atoms with Gasteiger partial charge in [-0.2, -0.15) is 0 Å². The van der Waals surface area contributed by atoms with Gasteiger partial charge in [-0.25, -0.2) is 0 Å². The molecule has 1 unspecified atom stereocenters. The van der Waals surface area contributed by atoms with Crippen LogP contribution in [0.4, 0.5) is 0 Å². The molecule has 1 N–H and O–H groups in total. The molecule has 19 heavy (non-hydrogen) atoms. The minimum atomic E-state index is 0.731. The van der Waals surface area contributed by atoms with E-state index in [-0.39, 0.29) is 0 Å². The molecule has 106 valence electrons. The number of nitrogens with zero attached hydrogens (tertiary/aromatic N) is 1. The number of hydrogen-bond donors (Lipinski definition) is 1. The van der Waals surface area contributed by atoms with Crippen molar-refractivity contribution < 1.29 is 4.74 Å². The lowest BCUT2D eigenvalue weighted by atomic mass is 10.1. The molecule has 0 radical (unpaired) electrons. The van der Waals surface area contributed by atoms with Crippen LogP contribution < -0.4 is 5.32 Å². The molecular weight excluding hydrogens is 236 g/mol. The largest absolute Gasteiger partial charge is 0.381 e. The van der Waals surface area contributed by atoms with Crippen molar-refractivity contribution in [1.29, 1.82) is 0 Å². The summed E-state index contributed by atoms with van der Waals surface area (Å²) in [6.07, 6.45) is 2.35. The third-order valence-corrected chi connectivity index (χ3v) is 3.75. The number of rotatable bonds is 8. The van der Waals surface area contributed by atoms with Crippen LogP contribution in [0.2, 0.25) is 0 Å². The Morgan fingerprint density at radius 2 is 2.11 bits per heavy atom. The topological polar surface area (TPSA) is 24.5 Å². The number of hydrogen-bond acceptors (Lipinski definition) is 3. The predicted octanol–water partition coefficient (Wildman–Crippen LogP) is 1.79. The summed E-state index contributed by atoms with van der Waals surface area (Å²) < 4.78 is 5.37. The van der Waals surface area contributed by atoms with E-state index in [1.807, 2.05) is 0 Å². The maximum atomic E-state index is 5.37. The Bertz CT molecular complexity index is 336. The van der Waals surface area contributed by atoms with Gasteiger partial charge in [0.25, 0.3) is 0 Å². The molecule has 0 spiro atoms. The lowest BCUT2D eigenvalue weighted by Gasteiger charge is -2.17. The molecule has 1 aromatic rings. The Morgan fingerprint density at radius 3 is 2.84 bits per heavy atom. The van der Waals surface area contributed by atoms with Crippen LogP contribution in [0.1, 0.15) is 12.0 Å². The summed E-state index contributed by atoms with van der Waals surface area (Å²) in [6, 6.07) is 10.7. The second-order valence-electron chi connectivity index (χ2n) is 5.47. The minimum absolute atomic E-state index is 0.731. The zero-order valence-corrected chi connectivity index (χ0v) is 12.0. The van der Waals surface area contributed by atoms with Crippen molar-refractivity contribution in [2.75, 3.05) is 46.4 Å². The van der Waals surface area contributed by atoms with Gasteiger partial charge < -0.3 is 15.0 Å². The van der Waals surface area contributed by atoms with E-state index >= 15 is 0 Å². The fourth-order valence-corrected chi connectivity index (χ4v) is 2.40. The Hall–Kier alpha value is -0.900. The van der Waals surface area contributed by atoms with E-state index in [0.717, 1.165) is 51.7 Å². The second kappa shape index (κ2) is 8.31. The standard InChI is InChI=1S/C16H26N2O/c1-18(10-7-15-5-3-2-4-6-15)11-9-17-13-16-8-12-19-14-16/h2-6,16-17H,7-14H2,1H3. The Labute approximate surface area is 116 Å². The molecule has 0 aromatic heterocycles. The van der Waals surface area contributed by atoms with Crippen molar-refractivity contribution in [2.24, 2.45) is 5.92 Å². The minimum Gasteiger partial charge on any atom is -0.381 e.